The highest BCUT2D eigenvalue weighted by Crippen LogP contribution is 2.28. The van der Waals surface area contributed by atoms with Gasteiger partial charge in [0.2, 0.25) is 0 Å². The van der Waals surface area contributed by atoms with Crippen LogP contribution in [0.2, 0.25) is 0 Å². The van der Waals surface area contributed by atoms with Crippen LogP contribution in [-0.4, -0.2) is 26.8 Å². The minimum Gasteiger partial charge on any atom is -0.396 e. The third-order valence-electron chi connectivity index (χ3n) is 2.76. The van der Waals surface area contributed by atoms with Crippen LogP contribution in [0.3, 0.4) is 0 Å². The summed E-state index contributed by atoms with van der Waals surface area (Å²) in [5, 5.41) is 9.08. The first-order chi connectivity index (χ1) is 7.00. The molecule has 0 aliphatic rings. The van der Waals surface area contributed by atoms with Gasteiger partial charge in [-0.3, -0.25) is 0 Å². The van der Waals surface area contributed by atoms with Crippen molar-refractivity contribution in [1.29, 1.82) is 0 Å². The summed E-state index contributed by atoms with van der Waals surface area (Å²) >= 11 is 0. The molecule has 4 nitrogen and oxygen atoms in total. The average Bonchev–Trinajstić information content (AvgIpc) is 2.59. The lowest BCUT2D eigenvalue weighted by Crippen LogP contribution is -2.40. The Morgan fingerprint density at radius 2 is 2.27 bits per heavy atom. The lowest BCUT2D eigenvalue weighted by Gasteiger charge is -2.30. The van der Waals surface area contributed by atoms with Crippen LogP contribution in [-0.2, 0) is 6.54 Å². The molecular weight excluding hydrogens is 190 g/mol. The van der Waals surface area contributed by atoms with Gasteiger partial charge < -0.3 is 15.4 Å². The fraction of sp³-hybridized carbons (Fsp3) is 0.727. The zero-order valence-electron chi connectivity index (χ0n) is 9.77. The fourth-order valence-electron chi connectivity index (χ4n) is 1.92. The van der Waals surface area contributed by atoms with E-state index in [-0.39, 0.29) is 18.1 Å². The van der Waals surface area contributed by atoms with E-state index in [9.17, 15) is 0 Å². The van der Waals surface area contributed by atoms with Crippen molar-refractivity contribution in [3.8, 4) is 0 Å². The van der Waals surface area contributed by atoms with Crippen LogP contribution in [0, 0.1) is 0 Å². The van der Waals surface area contributed by atoms with Crippen LogP contribution >= 0.6 is 0 Å². The molecule has 0 aromatic carbocycles. The number of hydrogen-bond donors (Lipinski definition) is 2. The summed E-state index contributed by atoms with van der Waals surface area (Å²) in [6.07, 6.45) is 4.33. The highest BCUT2D eigenvalue weighted by molar-refractivity contribution is 5.12. The molecular formula is C11H21N3O. The summed E-state index contributed by atoms with van der Waals surface area (Å²) < 4.78 is 2.08. The zero-order chi connectivity index (χ0) is 11.5. The molecule has 0 saturated heterocycles. The molecule has 0 aliphatic carbocycles. The molecule has 1 heterocycles. The van der Waals surface area contributed by atoms with Crippen molar-refractivity contribution in [3.05, 3.63) is 18.2 Å². The summed E-state index contributed by atoms with van der Waals surface area (Å²) in [4.78, 5) is 4.14. The Labute approximate surface area is 91.1 Å². The number of aliphatic hydroxyl groups is 1. The van der Waals surface area contributed by atoms with E-state index >= 15 is 0 Å². The van der Waals surface area contributed by atoms with Gasteiger partial charge in [-0.1, -0.05) is 0 Å². The standard InChI is InChI=1S/C11H21N3O/c1-4-14-8-13-7-10(14)9(5-6-15)11(2,3)12/h7-9,15H,4-6,12H2,1-3H3. The normalized spacial score (nSPS) is 14.2. The third-order valence-corrected chi connectivity index (χ3v) is 2.76. The third kappa shape index (κ3) is 2.79. The minimum absolute atomic E-state index is 0.143. The highest BCUT2D eigenvalue weighted by atomic mass is 16.3. The van der Waals surface area contributed by atoms with Crippen molar-refractivity contribution >= 4 is 0 Å². The second-order valence-electron chi connectivity index (χ2n) is 4.49. The van der Waals surface area contributed by atoms with Crippen LogP contribution in [0.4, 0.5) is 0 Å². The van der Waals surface area contributed by atoms with E-state index in [2.05, 4.69) is 16.5 Å². The van der Waals surface area contributed by atoms with Crippen LogP contribution in [0.25, 0.3) is 0 Å². The molecule has 1 atom stereocenters. The monoisotopic (exact) mass is 211 g/mol. The first kappa shape index (κ1) is 12.2. The molecule has 15 heavy (non-hydrogen) atoms. The number of aliphatic hydroxyl groups excluding tert-OH is 1. The van der Waals surface area contributed by atoms with Gasteiger partial charge >= 0.3 is 0 Å². The zero-order valence-corrected chi connectivity index (χ0v) is 9.77. The van der Waals surface area contributed by atoms with E-state index in [0.29, 0.717) is 6.42 Å². The van der Waals surface area contributed by atoms with E-state index in [1.165, 1.54) is 0 Å². The highest BCUT2D eigenvalue weighted by Gasteiger charge is 2.28. The Hall–Kier alpha value is -0.870. The first-order valence-electron chi connectivity index (χ1n) is 5.40. The van der Waals surface area contributed by atoms with Crippen molar-refractivity contribution < 1.29 is 5.11 Å². The predicted octanol–water partition coefficient (Wildman–Crippen LogP) is 1.11. The maximum atomic E-state index is 9.08. The molecule has 0 amide bonds. The van der Waals surface area contributed by atoms with Crippen molar-refractivity contribution in [2.24, 2.45) is 5.73 Å². The van der Waals surface area contributed by atoms with E-state index in [0.717, 1.165) is 12.2 Å². The maximum absolute atomic E-state index is 9.08. The van der Waals surface area contributed by atoms with Gasteiger partial charge in [0.25, 0.3) is 0 Å². The summed E-state index contributed by atoms with van der Waals surface area (Å²) in [6, 6.07) is 0. The molecule has 1 unspecified atom stereocenters. The van der Waals surface area contributed by atoms with Gasteiger partial charge in [0.1, 0.15) is 0 Å². The summed E-state index contributed by atoms with van der Waals surface area (Å²) in [6.45, 7) is 7.08. The second-order valence-corrected chi connectivity index (χ2v) is 4.49. The van der Waals surface area contributed by atoms with Gasteiger partial charge in [0, 0.05) is 36.5 Å². The first-order valence-corrected chi connectivity index (χ1v) is 5.40. The Bertz CT molecular complexity index is 301. The SMILES string of the molecule is CCn1cncc1C(CCO)C(C)(C)N. The molecule has 4 heteroatoms. The Kier molecular flexibility index (Phi) is 3.88. The Morgan fingerprint density at radius 1 is 1.60 bits per heavy atom. The summed E-state index contributed by atoms with van der Waals surface area (Å²) in [5.74, 6) is 0.143. The Morgan fingerprint density at radius 3 is 2.73 bits per heavy atom. The van der Waals surface area contributed by atoms with Gasteiger partial charge in [0.15, 0.2) is 0 Å². The van der Waals surface area contributed by atoms with E-state index in [4.69, 9.17) is 10.8 Å². The number of hydrogen-bond acceptors (Lipinski definition) is 3. The summed E-state index contributed by atoms with van der Waals surface area (Å²) in [5.41, 5.74) is 6.90. The topological polar surface area (TPSA) is 64.1 Å². The van der Waals surface area contributed by atoms with E-state index < -0.39 is 0 Å². The molecule has 86 valence electrons. The number of imidazole rings is 1. The average molecular weight is 211 g/mol. The van der Waals surface area contributed by atoms with Crippen LogP contribution in [0.15, 0.2) is 12.5 Å². The maximum Gasteiger partial charge on any atom is 0.0948 e. The number of aromatic nitrogens is 2. The van der Waals surface area contributed by atoms with E-state index in [1.54, 1.807) is 0 Å². The van der Waals surface area contributed by atoms with Crippen molar-refractivity contribution in [2.45, 2.75) is 45.2 Å². The molecule has 0 bridgehead atoms. The molecule has 1 aromatic rings. The number of aryl methyl sites for hydroxylation is 1. The smallest absolute Gasteiger partial charge is 0.0948 e. The number of nitrogens with two attached hydrogens (primary N) is 1. The molecule has 3 N–H and O–H groups in total. The molecule has 0 spiro atoms. The van der Waals surface area contributed by atoms with E-state index in [1.807, 2.05) is 26.4 Å². The molecule has 1 aromatic heterocycles. The molecule has 1 rings (SSSR count). The van der Waals surface area contributed by atoms with Crippen LogP contribution in [0.1, 0.15) is 38.8 Å². The predicted molar refractivity (Wildman–Crippen MR) is 60.6 cm³/mol. The quantitative estimate of drug-likeness (QED) is 0.766. The fourth-order valence-corrected chi connectivity index (χ4v) is 1.92. The van der Waals surface area contributed by atoms with Crippen molar-refractivity contribution in [2.75, 3.05) is 6.61 Å². The minimum atomic E-state index is -0.338. The molecule has 0 saturated carbocycles. The van der Waals surface area contributed by atoms with Gasteiger partial charge in [-0.25, -0.2) is 4.98 Å². The Balaban J connectivity index is 2.99. The molecule has 0 fully saturated rings. The summed E-state index contributed by atoms with van der Waals surface area (Å²) in [7, 11) is 0. The largest absolute Gasteiger partial charge is 0.396 e. The number of rotatable bonds is 5. The van der Waals surface area contributed by atoms with Gasteiger partial charge in [-0.15, -0.1) is 0 Å². The number of nitrogens with zero attached hydrogens (tertiary/aromatic N) is 2. The van der Waals surface area contributed by atoms with Gasteiger partial charge in [-0.2, -0.15) is 0 Å². The van der Waals surface area contributed by atoms with Gasteiger partial charge in [-0.05, 0) is 27.2 Å². The van der Waals surface area contributed by atoms with Crippen LogP contribution in [0.5, 0.6) is 0 Å². The lowest BCUT2D eigenvalue weighted by atomic mass is 9.83. The van der Waals surface area contributed by atoms with Crippen molar-refractivity contribution in [3.63, 3.8) is 0 Å². The molecule has 0 aliphatic heterocycles. The van der Waals surface area contributed by atoms with Gasteiger partial charge in [0.05, 0.1) is 6.33 Å². The lowest BCUT2D eigenvalue weighted by molar-refractivity contribution is 0.246. The van der Waals surface area contributed by atoms with Crippen LogP contribution < -0.4 is 5.73 Å². The van der Waals surface area contributed by atoms with Crippen molar-refractivity contribution in [1.82, 2.24) is 9.55 Å². The molecule has 0 radical (unpaired) electrons. The second kappa shape index (κ2) is 4.77.